The van der Waals surface area contributed by atoms with Crippen molar-refractivity contribution >= 4 is 50.0 Å². The Kier molecular flexibility index (Phi) is 26.9. The van der Waals surface area contributed by atoms with Crippen LogP contribution >= 0.6 is 0 Å². The minimum absolute atomic E-state index is 0.217. The summed E-state index contributed by atoms with van der Waals surface area (Å²) < 4.78 is 58.8. The third-order valence-corrected chi connectivity index (χ3v) is 25.6. The van der Waals surface area contributed by atoms with Gasteiger partial charge in [-0.15, -0.1) is 0 Å². The lowest BCUT2D eigenvalue weighted by Crippen LogP contribution is -2.04. The van der Waals surface area contributed by atoms with E-state index in [9.17, 15) is 17.6 Å². The second-order valence-corrected chi connectivity index (χ2v) is 36.4. The average molecular weight is 1910 g/mol. The fraction of sp³-hybridized carbons (Fsp3) is 0.105. The van der Waals surface area contributed by atoms with Crippen LogP contribution in [0.15, 0.2) is 414 Å². The van der Waals surface area contributed by atoms with Crippen molar-refractivity contribution in [3.05, 3.63) is 471 Å². The largest absolute Gasteiger partial charge is 0.416 e. The van der Waals surface area contributed by atoms with Gasteiger partial charge in [0, 0.05) is 176 Å². The molecule has 0 spiro atoms. The number of aryl methyl sites for hydroxylation is 6. The lowest BCUT2D eigenvalue weighted by Gasteiger charge is -2.12. The number of imidazole rings is 3. The topological polar surface area (TPSA) is 207 Å². The molecule has 2 fully saturated rings. The summed E-state index contributed by atoms with van der Waals surface area (Å²) in [6.45, 7) is 11.9. The van der Waals surface area contributed by atoms with Gasteiger partial charge in [0.2, 0.25) is 0 Å². The van der Waals surface area contributed by atoms with E-state index >= 15 is 0 Å². The molecule has 0 N–H and O–H groups in total. The van der Waals surface area contributed by atoms with Gasteiger partial charge in [-0.05, 0) is 314 Å². The molecule has 22 heteroatoms. The van der Waals surface area contributed by atoms with Gasteiger partial charge in [0.15, 0.2) is 0 Å². The maximum absolute atomic E-state index is 13.6. The number of hydrogen-bond donors (Lipinski definition) is 0. The van der Waals surface area contributed by atoms with E-state index in [0.717, 1.165) is 209 Å². The number of rotatable bonds is 14. The maximum atomic E-state index is 13.6. The van der Waals surface area contributed by atoms with Crippen LogP contribution in [-0.4, -0.2) is 88.0 Å². The molecule has 0 saturated heterocycles. The van der Waals surface area contributed by atoms with Crippen LogP contribution in [0.3, 0.4) is 0 Å². The summed E-state index contributed by atoms with van der Waals surface area (Å²) in [6, 6.07) is 104. The Balaban J connectivity index is 0.000000103. The van der Waals surface area contributed by atoms with Gasteiger partial charge in [-0.3, -0.25) is 44.9 Å². The number of pyridine rings is 15. The zero-order valence-corrected chi connectivity index (χ0v) is 80.8. The van der Waals surface area contributed by atoms with E-state index in [0.29, 0.717) is 16.8 Å². The van der Waals surface area contributed by atoms with Crippen LogP contribution in [0.2, 0.25) is 0 Å². The SMILES string of the molecule is Cc1cc(-c2ncccc2-c2ccc3ncccc3n2)ccc1F.Cc1cccc(-c2ncccc2-c2ccc3nc(C)cn3c2)c1.Cc1cccc(-c2ncccc2-c2ccc3ncccc3n2)c1.Cc1cn2cc(-c3cccnc3-c3cccc(C(F)(F)F)c3)ccc2n1.Cc1cn2cc(-c3cccnc3-c3cccc(C4CC4)c3)ccc2n1.c1cc(-c2ncccc2-c2ccc3ncccc3n2)cc(C2CC2)c1. The number of nitrogens with zero attached hydrogens (tertiary/aromatic N) is 18. The molecule has 0 unspecified atom stereocenters. The molecule has 26 rings (SSSR count). The third-order valence-electron chi connectivity index (χ3n) is 25.6. The molecule has 18 heterocycles. The van der Waals surface area contributed by atoms with Crippen LogP contribution in [0, 0.1) is 47.4 Å². The fourth-order valence-electron chi connectivity index (χ4n) is 18.2. The number of benzene rings is 6. The van der Waals surface area contributed by atoms with Gasteiger partial charge in [0.1, 0.15) is 22.8 Å². The highest BCUT2D eigenvalue weighted by atomic mass is 19.4. The lowest BCUT2D eigenvalue weighted by molar-refractivity contribution is -0.137. The van der Waals surface area contributed by atoms with E-state index in [1.54, 1.807) is 56.1 Å². The first-order chi connectivity index (χ1) is 71.3. The van der Waals surface area contributed by atoms with Crippen LogP contribution in [0.5, 0.6) is 0 Å². The van der Waals surface area contributed by atoms with Gasteiger partial charge in [0.25, 0.3) is 0 Å². The van der Waals surface area contributed by atoms with Crippen molar-refractivity contribution in [2.75, 3.05) is 0 Å². The predicted molar refractivity (Wildman–Crippen MR) is 574 cm³/mol. The van der Waals surface area contributed by atoms with Crippen LogP contribution in [-0.2, 0) is 6.18 Å². The molecule has 18 aromatic heterocycles. The molecule has 18 nitrogen and oxygen atoms in total. The van der Waals surface area contributed by atoms with Crippen molar-refractivity contribution in [1.29, 1.82) is 0 Å². The van der Waals surface area contributed by atoms with Crippen LogP contribution in [0.4, 0.5) is 17.6 Å². The van der Waals surface area contributed by atoms with Gasteiger partial charge in [0.05, 0.1) is 107 Å². The molecule has 146 heavy (non-hydrogen) atoms. The molecule has 0 amide bonds. The minimum Gasteiger partial charge on any atom is -0.306 e. The van der Waals surface area contributed by atoms with Crippen molar-refractivity contribution in [2.45, 2.75) is 85.2 Å². The van der Waals surface area contributed by atoms with Gasteiger partial charge >= 0.3 is 6.18 Å². The van der Waals surface area contributed by atoms with Crippen molar-refractivity contribution in [3.8, 4) is 135 Å². The fourth-order valence-corrected chi connectivity index (χ4v) is 18.2. The Bertz CT molecular complexity index is 8930. The Hall–Kier alpha value is -18.3. The normalized spacial score (nSPS) is 12.2. The van der Waals surface area contributed by atoms with E-state index in [1.165, 1.54) is 65.6 Å². The molecule has 2 saturated carbocycles. The summed E-state index contributed by atoms with van der Waals surface area (Å²) in [4.78, 5) is 68.1. The predicted octanol–water partition coefficient (Wildman–Crippen LogP) is 30.0. The van der Waals surface area contributed by atoms with Crippen molar-refractivity contribution in [3.63, 3.8) is 0 Å². The number of aromatic nitrogens is 18. The second kappa shape index (κ2) is 41.8. The summed E-state index contributed by atoms with van der Waals surface area (Å²) >= 11 is 0. The Morgan fingerprint density at radius 1 is 0.240 bits per heavy atom. The summed E-state index contributed by atoms with van der Waals surface area (Å²) in [7, 11) is 0. The smallest absolute Gasteiger partial charge is 0.306 e. The van der Waals surface area contributed by atoms with Crippen molar-refractivity contribution in [2.24, 2.45) is 0 Å². The number of hydrogen-bond acceptors (Lipinski definition) is 15. The van der Waals surface area contributed by atoms with Gasteiger partial charge in [-0.1, -0.05) is 114 Å². The molecule has 710 valence electrons. The van der Waals surface area contributed by atoms with Gasteiger partial charge in [-0.25, -0.2) is 34.3 Å². The highest BCUT2D eigenvalue weighted by Crippen LogP contribution is 2.45. The van der Waals surface area contributed by atoms with Crippen molar-refractivity contribution < 1.29 is 17.6 Å². The summed E-state index contributed by atoms with van der Waals surface area (Å²) in [5, 5.41) is 0. The molecule has 6 aromatic carbocycles. The summed E-state index contributed by atoms with van der Waals surface area (Å²) in [5.41, 5.74) is 39.3. The average Bonchev–Trinajstić information content (AvgIpc) is 1.52. The Labute approximate surface area is 841 Å². The van der Waals surface area contributed by atoms with Crippen LogP contribution in [0.1, 0.15) is 88.0 Å². The quantitative estimate of drug-likeness (QED) is 0.0928. The summed E-state index contributed by atoms with van der Waals surface area (Å²) in [6.07, 6.45) is 29.1. The third kappa shape index (κ3) is 21.5. The first-order valence-corrected chi connectivity index (χ1v) is 48.3. The maximum Gasteiger partial charge on any atom is 0.416 e. The zero-order valence-electron chi connectivity index (χ0n) is 80.8. The number of alkyl halides is 3. The van der Waals surface area contributed by atoms with Gasteiger partial charge < -0.3 is 13.2 Å². The summed E-state index contributed by atoms with van der Waals surface area (Å²) in [5.74, 6) is 1.26. The lowest BCUT2D eigenvalue weighted by atomic mass is 9.98. The van der Waals surface area contributed by atoms with E-state index in [1.807, 2.05) is 202 Å². The standard InChI is InChI=1S/C22H19N3.C22H17N3.C20H14F3N3.C20H14FN3.C20H17N3.C20H15N3/c1-15-13-25-14-19(9-10-21(25)24-15)20-6-3-11-23-22(20)18-5-2-4-17(12-18)16-7-8-16;1-4-16(15-8-9-15)14-17(5-1)22-18(6-2-13-24-22)19-10-11-20-21(25-19)7-3-12-23-20;1-13-11-26-12-15(7-8-18(26)25-13)17-6-3-9-24-19(17)14-4-2-5-16(10-14)20(21,22)23;1-13-12-14(6-7-16(13)21)20-15(4-2-11-23-20)17-8-9-18-19(24-17)5-3-10-22-18;1-14-5-3-6-16(11-14)20-18(7-4-10-21-20)17-8-9-19-22-15(2)12-23(19)13-17;1-14-5-2-6-15(13-14)20-16(7-3-12-22-20)17-9-10-18-19(23-17)8-4-11-21-18/h2-6,9-14,16H,7-8H2,1H3;1-7,10-15H,8-9H2;2-12H,1H3;2-12H,1H3;3-13H,1-2H3;2-13H,1H3. The molecule has 0 bridgehead atoms. The van der Waals surface area contributed by atoms with Gasteiger partial charge in [-0.2, -0.15) is 13.2 Å². The van der Waals surface area contributed by atoms with E-state index in [-0.39, 0.29) is 5.82 Å². The Morgan fingerprint density at radius 3 is 0.870 bits per heavy atom. The monoisotopic (exact) mass is 1910 g/mol. The van der Waals surface area contributed by atoms with Crippen molar-refractivity contribution in [1.82, 2.24) is 88.0 Å². The molecule has 0 atom stereocenters. The number of halogens is 4. The van der Waals surface area contributed by atoms with Crippen LogP contribution < -0.4 is 0 Å². The Morgan fingerprint density at radius 2 is 0.534 bits per heavy atom. The second-order valence-electron chi connectivity index (χ2n) is 36.4. The highest BCUT2D eigenvalue weighted by molar-refractivity contribution is 5.89. The highest BCUT2D eigenvalue weighted by Gasteiger charge is 2.32. The molecule has 2 aliphatic rings. The molecular weight excluding hydrogens is 1820 g/mol. The zero-order chi connectivity index (χ0) is 99.7. The number of fused-ring (bicyclic) bond motifs is 6. The molecule has 2 aliphatic carbocycles. The first-order valence-electron chi connectivity index (χ1n) is 48.3. The van der Waals surface area contributed by atoms with E-state index in [4.69, 9.17) is 19.9 Å². The molecular formula is C124H96F4N18. The molecule has 0 aliphatic heterocycles. The van der Waals surface area contributed by atoms with E-state index < -0.39 is 11.7 Å². The minimum atomic E-state index is -4.39. The van der Waals surface area contributed by atoms with E-state index in [2.05, 4.69) is 242 Å². The molecule has 24 aromatic rings. The molecule has 0 radical (unpaired) electrons. The first kappa shape index (κ1) is 94.0. The van der Waals surface area contributed by atoms with Crippen LogP contribution in [0.25, 0.3) is 185 Å².